The van der Waals surface area contributed by atoms with E-state index in [-0.39, 0.29) is 0 Å². The molecule has 1 unspecified atom stereocenters. The summed E-state index contributed by atoms with van der Waals surface area (Å²) < 4.78 is 26.3. The molecule has 118 valence electrons. The third kappa shape index (κ3) is 4.73. The molecule has 1 aromatic carbocycles. The van der Waals surface area contributed by atoms with Crippen LogP contribution in [-0.2, 0) is 0 Å². The van der Waals surface area contributed by atoms with Crippen molar-refractivity contribution in [1.82, 2.24) is 9.80 Å². The number of nitrogens with zero attached hydrogens (tertiary/aromatic N) is 2. The van der Waals surface area contributed by atoms with Crippen molar-refractivity contribution in [2.24, 2.45) is 0 Å². The second-order valence-corrected chi connectivity index (χ2v) is 6.02. The molecule has 0 bridgehead atoms. The van der Waals surface area contributed by atoms with Gasteiger partial charge in [0.05, 0.1) is 6.10 Å². The Bertz CT molecular complexity index is 441. The second kappa shape index (κ2) is 7.29. The molecular weight excluding hydrogens is 274 g/mol. The number of hydrogen-bond acceptors (Lipinski definition) is 3. The minimum atomic E-state index is -0.830. The van der Waals surface area contributed by atoms with Crippen molar-refractivity contribution in [2.45, 2.75) is 31.4 Å². The Morgan fingerprint density at radius 1 is 1.24 bits per heavy atom. The average Bonchev–Trinajstić information content (AvgIpc) is 2.44. The second-order valence-electron chi connectivity index (χ2n) is 6.02. The molecule has 0 spiro atoms. The highest BCUT2D eigenvalue weighted by Gasteiger charge is 2.21. The molecule has 1 saturated heterocycles. The summed E-state index contributed by atoms with van der Waals surface area (Å²) in [6.45, 7) is 2.90. The maximum Gasteiger partial charge on any atom is 0.126 e. The predicted molar refractivity (Wildman–Crippen MR) is 79.1 cm³/mol. The van der Waals surface area contributed by atoms with Crippen LogP contribution in [0, 0.1) is 11.6 Å². The Labute approximate surface area is 125 Å². The summed E-state index contributed by atoms with van der Waals surface area (Å²) in [6, 6.07) is 3.74. The molecule has 1 heterocycles. The Balaban J connectivity index is 1.84. The van der Waals surface area contributed by atoms with Crippen molar-refractivity contribution in [1.29, 1.82) is 0 Å². The largest absolute Gasteiger partial charge is 0.388 e. The van der Waals surface area contributed by atoms with Crippen molar-refractivity contribution < 1.29 is 13.9 Å². The first-order valence-corrected chi connectivity index (χ1v) is 7.48. The summed E-state index contributed by atoms with van der Waals surface area (Å²) in [5.74, 6) is -1.29. The molecule has 0 amide bonds. The van der Waals surface area contributed by atoms with Crippen LogP contribution in [0.5, 0.6) is 0 Å². The van der Waals surface area contributed by atoms with Crippen molar-refractivity contribution in [3.8, 4) is 0 Å². The fourth-order valence-corrected chi connectivity index (χ4v) is 2.88. The number of aliphatic hydroxyl groups excluding tert-OH is 1. The molecule has 21 heavy (non-hydrogen) atoms. The van der Waals surface area contributed by atoms with E-state index in [1.54, 1.807) is 0 Å². The van der Waals surface area contributed by atoms with Gasteiger partial charge in [0.15, 0.2) is 0 Å². The Morgan fingerprint density at radius 3 is 2.38 bits per heavy atom. The van der Waals surface area contributed by atoms with E-state index in [1.165, 1.54) is 12.1 Å². The number of aliphatic hydroxyl groups is 1. The molecular formula is C16H24F2N2O. The van der Waals surface area contributed by atoms with Crippen LogP contribution >= 0.6 is 0 Å². The van der Waals surface area contributed by atoms with E-state index in [1.807, 2.05) is 0 Å². The quantitative estimate of drug-likeness (QED) is 0.904. The van der Waals surface area contributed by atoms with Crippen LogP contribution in [0.4, 0.5) is 8.78 Å². The van der Waals surface area contributed by atoms with Crippen LogP contribution in [0.1, 0.15) is 30.9 Å². The van der Waals surface area contributed by atoms with E-state index in [2.05, 4.69) is 23.9 Å². The zero-order valence-corrected chi connectivity index (χ0v) is 12.7. The van der Waals surface area contributed by atoms with Gasteiger partial charge < -0.3 is 14.9 Å². The van der Waals surface area contributed by atoms with Crippen LogP contribution in [0.25, 0.3) is 0 Å². The molecule has 0 radical (unpaired) electrons. The van der Waals surface area contributed by atoms with Crippen LogP contribution in [0.2, 0.25) is 0 Å². The fraction of sp³-hybridized carbons (Fsp3) is 0.625. The molecule has 0 aromatic heterocycles. The van der Waals surface area contributed by atoms with Gasteiger partial charge in [0.25, 0.3) is 0 Å². The van der Waals surface area contributed by atoms with Crippen molar-refractivity contribution in [3.63, 3.8) is 0 Å². The summed E-state index contributed by atoms with van der Waals surface area (Å²) in [7, 11) is 4.17. The lowest BCUT2D eigenvalue weighted by molar-refractivity contribution is 0.109. The molecule has 2 rings (SSSR count). The molecule has 1 aliphatic heterocycles. The Morgan fingerprint density at radius 2 is 1.81 bits per heavy atom. The van der Waals surface area contributed by atoms with Crippen molar-refractivity contribution >= 4 is 0 Å². The van der Waals surface area contributed by atoms with Gasteiger partial charge in [-0.05, 0) is 64.1 Å². The zero-order valence-electron chi connectivity index (χ0n) is 12.7. The number of rotatable bonds is 5. The van der Waals surface area contributed by atoms with Gasteiger partial charge in [0.1, 0.15) is 11.6 Å². The van der Waals surface area contributed by atoms with Gasteiger partial charge in [-0.25, -0.2) is 8.78 Å². The van der Waals surface area contributed by atoms with Crippen molar-refractivity contribution in [2.75, 3.05) is 33.7 Å². The highest BCUT2D eigenvalue weighted by molar-refractivity contribution is 5.20. The minimum absolute atomic E-state index is 0.310. The first kappa shape index (κ1) is 16.3. The Hall–Kier alpha value is -1.04. The molecule has 3 nitrogen and oxygen atoms in total. The van der Waals surface area contributed by atoms with Gasteiger partial charge in [-0.15, -0.1) is 0 Å². The third-order valence-corrected chi connectivity index (χ3v) is 4.34. The smallest absolute Gasteiger partial charge is 0.126 e. The monoisotopic (exact) mass is 298 g/mol. The number of likely N-dealkylation sites (tertiary alicyclic amines) is 1. The molecule has 0 saturated carbocycles. The molecule has 1 aromatic rings. The van der Waals surface area contributed by atoms with E-state index in [4.69, 9.17) is 0 Å². The van der Waals surface area contributed by atoms with Crippen LogP contribution in [0.15, 0.2) is 18.2 Å². The van der Waals surface area contributed by atoms with E-state index < -0.39 is 17.7 Å². The summed E-state index contributed by atoms with van der Waals surface area (Å²) in [6.07, 6.45) is 1.89. The van der Waals surface area contributed by atoms with Crippen LogP contribution < -0.4 is 0 Å². The van der Waals surface area contributed by atoms with Gasteiger partial charge in [-0.3, -0.25) is 0 Å². The molecule has 5 heteroatoms. The maximum atomic E-state index is 13.1. The molecule has 1 atom stereocenters. The fourth-order valence-electron chi connectivity index (χ4n) is 2.88. The SMILES string of the molecule is CN1CCC(N(C)CCC(O)c2cc(F)cc(F)c2)CC1. The standard InChI is InChI=1S/C16H24F2N2O/c1-19-6-3-15(4-7-19)20(2)8-5-16(21)12-9-13(17)11-14(18)10-12/h9-11,15-16,21H,3-8H2,1-2H3. The number of piperidine rings is 1. The zero-order chi connectivity index (χ0) is 15.4. The highest BCUT2D eigenvalue weighted by Crippen LogP contribution is 2.21. The topological polar surface area (TPSA) is 26.7 Å². The lowest BCUT2D eigenvalue weighted by Gasteiger charge is -2.35. The third-order valence-electron chi connectivity index (χ3n) is 4.34. The van der Waals surface area contributed by atoms with E-state index in [0.29, 0.717) is 24.6 Å². The molecule has 0 aliphatic carbocycles. The summed E-state index contributed by atoms with van der Waals surface area (Å²) in [5.41, 5.74) is 0.310. The molecule has 1 aliphatic rings. The summed E-state index contributed by atoms with van der Waals surface area (Å²) in [4.78, 5) is 4.56. The highest BCUT2D eigenvalue weighted by atomic mass is 19.1. The normalized spacial score (nSPS) is 19.1. The first-order valence-electron chi connectivity index (χ1n) is 7.48. The number of hydrogen-bond donors (Lipinski definition) is 1. The molecule has 1 fully saturated rings. The van der Waals surface area contributed by atoms with E-state index in [9.17, 15) is 13.9 Å². The molecule has 1 N–H and O–H groups in total. The first-order chi connectivity index (χ1) is 9.95. The summed E-state index contributed by atoms with van der Waals surface area (Å²) >= 11 is 0. The van der Waals surface area contributed by atoms with E-state index in [0.717, 1.165) is 32.0 Å². The van der Waals surface area contributed by atoms with Crippen LogP contribution in [0.3, 0.4) is 0 Å². The maximum absolute atomic E-state index is 13.1. The van der Waals surface area contributed by atoms with Gasteiger partial charge in [0, 0.05) is 18.7 Å². The lowest BCUT2D eigenvalue weighted by Crippen LogP contribution is -2.42. The van der Waals surface area contributed by atoms with Gasteiger partial charge in [0.2, 0.25) is 0 Å². The lowest BCUT2D eigenvalue weighted by atomic mass is 10.0. The summed E-state index contributed by atoms with van der Waals surface area (Å²) in [5, 5.41) is 10.1. The van der Waals surface area contributed by atoms with E-state index >= 15 is 0 Å². The average molecular weight is 298 g/mol. The van der Waals surface area contributed by atoms with Gasteiger partial charge in [-0.2, -0.15) is 0 Å². The number of benzene rings is 1. The van der Waals surface area contributed by atoms with Gasteiger partial charge in [-0.1, -0.05) is 0 Å². The van der Waals surface area contributed by atoms with Crippen LogP contribution in [-0.4, -0.2) is 54.7 Å². The van der Waals surface area contributed by atoms with Crippen molar-refractivity contribution in [3.05, 3.63) is 35.4 Å². The van der Waals surface area contributed by atoms with Gasteiger partial charge >= 0.3 is 0 Å². The number of halogens is 2. The predicted octanol–water partition coefficient (Wildman–Crippen LogP) is 2.41. The minimum Gasteiger partial charge on any atom is -0.388 e. The Kier molecular flexibility index (Phi) is 5.67.